The number of nitrogens with zero attached hydrogens (tertiary/aromatic N) is 2. The fourth-order valence-electron chi connectivity index (χ4n) is 10.1. The van der Waals surface area contributed by atoms with Crippen LogP contribution in [0.4, 0.5) is 0 Å². The molecule has 5 heterocycles. The molecule has 1 saturated heterocycles. The van der Waals surface area contributed by atoms with E-state index in [1.54, 1.807) is 34.7 Å². The van der Waals surface area contributed by atoms with Gasteiger partial charge in [-0.3, -0.25) is 9.69 Å². The number of benzene rings is 3. The summed E-state index contributed by atoms with van der Waals surface area (Å²) in [5.41, 5.74) is 6.70. The molecule has 0 unspecified atom stereocenters. The van der Waals surface area contributed by atoms with Crippen molar-refractivity contribution in [3.8, 4) is 23.0 Å². The molecule has 0 aliphatic carbocycles. The van der Waals surface area contributed by atoms with Crippen molar-refractivity contribution in [3.63, 3.8) is 0 Å². The van der Waals surface area contributed by atoms with Gasteiger partial charge in [0.15, 0.2) is 28.8 Å². The molecule has 6 atom stereocenters. The molecule has 11 heteroatoms. The van der Waals surface area contributed by atoms with Crippen LogP contribution in [-0.4, -0.2) is 88.4 Å². The van der Waals surface area contributed by atoms with E-state index in [4.69, 9.17) is 32.8 Å². The van der Waals surface area contributed by atoms with Crippen molar-refractivity contribution in [2.24, 2.45) is 11.8 Å². The Bertz CT molecular complexity index is 2110. The Morgan fingerprint density at radius 3 is 2.24 bits per heavy atom. The summed E-state index contributed by atoms with van der Waals surface area (Å²) in [6.45, 7) is 5.37. The first-order chi connectivity index (χ1) is 28.4. The first-order valence-electron chi connectivity index (χ1n) is 21.0. The Hall–Kier alpha value is -4.71. The summed E-state index contributed by atoms with van der Waals surface area (Å²) >= 11 is 0. The van der Waals surface area contributed by atoms with Crippen LogP contribution in [0.2, 0.25) is 0 Å². The van der Waals surface area contributed by atoms with E-state index in [1.165, 1.54) is 16.7 Å². The average Bonchev–Trinajstić information content (AvgIpc) is 3.70. The highest BCUT2D eigenvalue weighted by Crippen LogP contribution is 2.50. The Morgan fingerprint density at radius 2 is 1.52 bits per heavy atom. The summed E-state index contributed by atoms with van der Waals surface area (Å²) < 4.78 is 41.9. The van der Waals surface area contributed by atoms with Crippen LogP contribution in [-0.2, 0) is 27.1 Å². The minimum absolute atomic E-state index is 0.102. The van der Waals surface area contributed by atoms with Gasteiger partial charge in [0.05, 0.1) is 47.4 Å². The molecule has 4 aliphatic rings. The number of aliphatic hydroxyl groups excluding tert-OH is 1. The quantitative estimate of drug-likeness (QED) is 0.126. The number of furan rings is 1. The van der Waals surface area contributed by atoms with Crippen molar-refractivity contribution in [1.82, 2.24) is 9.80 Å². The van der Waals surface area contributed by atoms with Crippen LogP contribution in [0.15, 0.2) is 71.0 Å². The molecule has 1 amide bonds. The minimum Gasteiger partial charge on any atom is -0.493 e. The molecule has 58 heavy (non-hydrogen) atoms. The number of para-hydroxylation sites is 1. The molecular weight excluding hydrogens is 737 g/mol. The Labute approximate surface area is 341 Å². The van der Waals surface area contributed by atoms with Crippen molar-refractivity contribution < 1.29 is 42.7 Å². The topological polar surface area (TPSA) is 112 Å². The molecule has 0 saturated carbocycles. The van der Waals surface area contributed by atoms with Crippen molar-refractivity contribution in [1.29, 1.82) is 0 Å². The Kier molecular flexibility index (Phi) is 12.2. The van der Waals surface area contributed by atoms with Gasteiger partial charge in [-0.2, -0.15) is 0 Å². The number of carbonyl (C=O) groups excluding carboxylic acids is 1. The lowest BCUT2D eigenvalue weighted by Crippen LogP contribution is -2.48. The lowest BCUT2D eigenvalue weighted by molar-refractivity contribution is -0.155. The fraction of sp³-hybridized carbons (Fsp3) is 0.511. The van der Waals surface area contributed by atoms with Gasteiger partial charge in [-0.15, -0.1) is 0 Å². The van der Waals surface area contributed by atoms with E-state index < -0.39 is 6.29 Å². The van der Waals surface area contributed by atoms with Gasteiger partial charge in [0.1, 0.15) is 5.58 Å². The normalized spacial score (nSPS) is 24.2. The first kappa shape index (κ1) is 40.1. The predicted molar refractivity (Wildman–Crippen MR) is 221 cm³/mol. The number of rotatable bonds is 14. The van der Waals surface area contributed by atoms with Crippen LogP contribution in [0.3, 0.4) is 0 Å². The molecule has 1 N–H and O–H groups in total. The monoisotopic (exact) mass is 794 g/mol. The fourth-order valence-corrected chi connectivity index (χ4v) is 10.1. The maximum absolute atomic E-state index is 15.2. The van der Waals surface area contributed by atoms with E-state index in [9.17, 15) is 5.11 Å². The zero-order valence-corrected chi connectivity index (χ0v) is 34.5. The number of methoxy groups -OCH3 is 4. The summed E-state index contributed by atoms with van der Waals surface area (Å²) in [5.74, 6) is 3.66. The molecule has 4 aliphatic heterocycles. The van der Waals surface area contributed by atoms with Gasteiger partial charge in [-0.25, -0.2) is 0 Å². The molecule has 1 aromatic heterocycles. The Balaban J connectivity index is 1.15. The van der Waals surface area contributed by atoms with Crippen LogP contribution >= 0.6 is 0 Å². The summed E-state index contributed by atoms with van der Waals surface area (Å²) in [7, 11) is 6.73. The van der Waals surface area contributed by atoms with Gasteiger partial charge < -0.3 is 42.8 Å². The lowest BCUT2D eigenvalue weighted by atomic mass is 9.72. The van der Waals surface area contributed by atoms with E-state index in [1.807, 2.05) is 29.2 Å². The molecule has 0 radical (unpaired) electrons. The van der Waals surface area contributed by atoms with Crippen molar-refractivity contribution >= 4 is 16.9 Å². The number of hydrogen-bond acceptors (Lipinski definition) is 10. The van der Waals surface area contributed by atoms with E-state index in [0.29, 0.717) is 67.9 Å². The highest BCUT2D eigenvalue weighted by atomic mass is 16.7. The maximum Gasteiger partial charge on any atom is 0.289 e. The number of carbonyl (C=O) groups is 1. The lowest BCUT2D eigenvalue weighted by Gasteiger charge is -2.49. The van der Waals surface area contributed by atoms with Gasteiger partial charge in [0.25, 0.3) is 5.91 Å². The van der Waals surface area contributed by atoms with Gasteiger partial charge in [0, 0.05) is 55.6 Å². The summed E-state index contributed by atoms with van der Waals surface area (Å²) in [6.07, 6.45) is 9.49. The molecule has 3 aromatic carbocycles. The van der Waals surface area contributed by atoms with Crippen LogP contribution < -0.4 is 18.9 Å². The van der Waals surface area contributed by atoms with Crippen molar-refractivity contribution in [2.75, 3.05) is 61.3 Å². The van der Waals surface area contributed by atoms with Gasteiger partial charge in [-0.1, -0.05) is 31.5 Å². The summed E-state index contributed by atoms with van der Waals surface area (Å²) in [4.78, 5) is 19.9. The smallest absolute Gasteiger partial charge is 0.289 e. The number of allylic oxidation sites excluding steroid dienone is 1. The van der Waals surface area contributed by atoms with Crippen LogP contribution in [0.5, 0.6) is 23.0 Å². The molecule has 4 aromatic rings. The van der Waals surface area contributed by atoms with Crippen molar-refractivity contribution in [2.45, 2.75) is 82.6 Å². The van der Waals surface area contributed by atoms with E-state index in [0.717, 1.165) is 72.4 Å². The summed E-state index contributed by atoms with van der Waals surface area (Å²) in [6, 6.07) is 16.5. The molecule has 8 rings (SSSR count). The molecule has 0 spiro atoms. The van der Waals surface area contributed by atoms with Gasteiger partial charge in [0.2, 0.25) is 6.29 Å². The Morgan fingerprint density at radius 1 is 0.828 bits per heavy atom. The average molecular weight is 795 g/mol. The van der Waals surface area contributed by atoms with Gasteiger partial charge >= 0.3 is 0 Å². The third kappa shape index (κ3) is 7.76. The predicted octanol–water partition coefficient (Wildman–Crippen LogP) is 8.13. The zero-order chi connectivity index (χ0) is 40.3. The minimum atomic E-state index is -0.628. The number of hydrogen-bond donors (Lipinski definition) is 1. The third-order valence-electron chi connectivity index (χ3n) is 13.1. The molecular formula is C47H58N2O9. The van der Waals surface area contributed by atoms with E-state index in [2.05, 4.69) is 42.2 Å². The van der Waals surface area contributed by atoms with E-state index >= 15 is 4.79 Å². The second kappa shape index (κ2) is 17.6. The number of aliphatic hydroxyl groups is 1. The number of amides is 1. The zero-order valence-electron chi connectivity index (χ0n) is 34.5. The standard InChI is InChI=1S/C47H58N2O9/c1-6-29-27-48-15-13-30-21-41(52-2)43(54-4)25-35(30)38(48)19-32(29)20-39-36-26-44(55-5)42(53-3)22-31(36)14-16-49(39)47(51)45-23-33(24-46(58-45)56-18-10-9-17-50)37-28-57-40-12-8-7-11-34(37)40/h7-8,11-12,21-23,25-26,28-29,32-33,38-39,46,50H,6,9-10,13-20,24,27H2,1-5H3/t29-,32+,33-,38-,39+,46+/m0/s1. The second-order valence-corrected chi connectivity index (χ2v) is 16.1. The number of fused-ring (bicyclic) bond motifs is 5. The number of unbranched alkanes of at least 4 members (excludes halogenated alkanes) is 1. The highest BCUT2D eigenvalue weighted by Gasteiger charge is 2.43. The summed E-state index contributed by atoms with van der Waals surface area (Å²) in [5, 5.41) is 10.4. The maximum atomic E-state index is 15.2. The molecule has 1 fully saturated rings. The molecule has 11 nitrogen and oxygen atoms in total. The molecule has 310 valence electrons. The van der Waals surface area contributed by atoms with E-state index in [-0.39, 0.29) is 30.5 Å². The van der Waals surface area contributed by atoms with Crippen molar-refractivity contribution in [3.05, 3.63) is 94.4 Å². The highest BCUT2D eigenvalue weighted by molar-refractivity contribution is 5.93. The SMILES string of the molecule is CC[C@H]1CN2CCc3cc(OC)c(OC)cc3[C@@H]2C[C@@H]1C[C@@H]1c2cc(OC)c(OC)cc2CCN1C(=O)C1=C[C@H](c2coc3ccccc23)C[C@H](OCCCCO)O1. The third-order valence-corrected chi connectivity index (χ3v) is 13.1. The number of ether oxygens (including phenoxy) is 6. The molecule has 0 bridgehead atoms. The van der Waals surface area contributed by atoms with Crippen LogP contribution in [0, 0.1) is 11.8 Å². The van der Waals surface area contributed by atoms with Crippen LogP contribution in [0.25, 0.3) is 11.0 Å². The largest absolute Gasteiger partial charge is 0.493 e. The second-order valence-electron chi connectivity index (χ2n) is 16.1. The number of piperidine rings is 1. The van der Waals surface area contributed by atoms with Gasteiger partial charge in [-0.05, 0) is 109 Å². The van der Waals surface area contributed by atoms with Crippen LogP contribution in [0.1, 0.15) is 91.3 Å². The first-order valence-corrected chi connectivity index (χ1v) is 21.0.